The second-order valence-corrected chi connectivity index (χ2v) is 5.17. The van der Waals surface area contributed by atoms with Crippen molar-refractivity contribution in [2.45, 2.75) is 51.2 Å². The molecule has 4 nitrogen and oxygen atoms in total. The van der Waals surface area contributed by atoms with E-state index < -0.39 is 0 Å². The van der Waals surface area contributed by atoms with Gasteiger partial charge in [-0.05, 0) is 25.3 Å². The van der Waals surface area contributed by atoms with Crippen molar-refractivity contribution in [1.29, 1.82) is 0 Å². The maximum absolute atomic E-state index is 6.25. The lowest BCUT2D eigenvalue weighted by molar-refractivity contribution is 0.0713. The molecule has 0 unspecified atom stereocenters. The molecule has 2 N–H and O–H groups in total. The van der Waals surface area contributed by atoms with E-state index in [9.17, 15) is 0 Å². The highest BCUT2D eigenvalue weighted by molar-refractivity contribution is 5.09. The minimum atomic E-state index is -0.0772. The SMILES string of the molecule is CCc1cc(COCC2(N)CCCC2)n(C)n1. The number of hydrogen-bond donors (Lipinski definition) is 1. The predicted molar refractivity (Wildman–Crippen MR) is 67.6 cm³/mol. The molecule has 1 aliphatic carbocycles. The number of aryl methyl sites for hydroxylation is 2. The van der Waals surface area contributed by atoms with Crippen LogP contribution in [-0.2, 0) is 24.8 Å². The van der Waals surface area contributed by atoms with Crippen molar-refractivity contribution in [3.63, 3.8) is 0 Å². The summed E-state index contributed by atoms with van der Waals surface area (Å²) in [4.78, 5) is 0. The molecule has 2 rings (SSSR count). The van der Waals surface area contributed by atoms with Crippen molar-refractivity contribution in [3.05, 3.63) is 17.5 Å². The summed E-state index contributed by atoms with van der Waals surface area (Å²) < 4.78 is 7.66. The average molecular weight is 237 g/mol. The van der Waals surface area contributed by atoms with Gasteiger partial charge in [0.2, 0.25) is 0 Å². The molecule has 0 aromatic carbocycles. The van der Waals surface area contributed by atoms with Gasteiger partial charge in [0.25, 0.3) is 0 Å². The molecule has 1 aromatic rings. The molecule has 0 saturated heterocycles. The van der Waals surface area contributed by atoms with Gasteiger partial charge in [0.05, 0.1) is 24.6 Å². The largest absolute Gasteiger partial charge is 0.373 e. The lowest BCUT2D eigenvalue weighted by atomic mass is 10.0. The maximum atomic E-state index is 6.25. The summed E-state index contributed by atoms with van der Waals surface area (Å²) in [6.45, 7) is 3.39. The zero-order valence-corrected chi connectivity index (χ0v) is 10.9. The topological polar surface area (TPSA) is 53.1 Å². The number of nitrogens with zero attached hydrogens (tertiary/aromatic N) is 2. The summed E-state index contributed by atoms with van der Waals surface area (Å²) >= 11 is 0. The predicted octanol–water partition coefficient (Wildman–Crippen LogP) is 1.77. The van der Waals surface area contributed by atoms with Crippen LogP contribution in [0.15, 0.2) is 6.07 Å². The molecule has 1 fully saturated rings. The van der Waals surface area contributed by atoms with Crippen LogP contribution in [0.4, 0.5) is 0 Å². The first-order valence-corrected chi connectivity index (χ1v) is 6.51. The minimum Gasteiger partial charge on any atom is -0.373 e. The third-order valence-corrected chi connectivity index (χ3v) is 3.63. The van der Waals surface area contributed by atoms with Crippen LogP contribution >= 0.6 is 0 Å². The average Bonchev–Trinajstić information content (AvgIpc) is 2.87. The van der Waals surface area contributed by atoms with E-state index in [1.165, 1.54) is 12.8 Å². The van der Waals surface area contributed by atoms with E-state index in [1.54, 1.807) is 0 Å². The quantitative estimate of drug-likeness (QED) is 0.849. The molecule has 0 bridgehead atoms. The molecule has 0 spiro atoms. The summed E-state index contributed by atoms with van der Waals surface area (Å²) in [6, 6.07) is 2.11. The van der Waals surface area contributed by atoms with E-state index in [-0.39, 0.29) is 5.54 Å². The Labute approximate surface area is 103 Å². The van der Waals surface area contributed by atoms with E-state index in [2.05, 4.69) is 18.1 Å². The molecule has 96 valence electrons. The van der Waals surface area contributed by atoms with E-state index in [4.69, 9.17) is 10.5 Å². The van der Waals surface area contributed by atoms with Crippen LogP contribution in [0.1, 0.15) is 44.0 Å². The van der Waals surface area contributed by atoms with Crippen LogP contribution in [0.3, 0.4) is 0 Å². The number of ether oxygens (including phenoxy) is 1. The fraction of sp³-hybridized carbons (Fsp3) is 0.769. The van der Waals surface area contributed by atoms with Crippen LogP contribution in [0.2, 0.25) is 0 Å². The van der Waals surface area contributed by atoms with Gasteiger partial charge in [-0.1, -0.05) is 19.8 Å². The van der Waals surface area contributed by atoms with Crippen LogP contribution in [0.25, 0.3) is 0 Å². The first-order valence-electron chi connectivity index (χ1n) is 6.51. The Morgan fingerprint density at radius 3 is 2.76 bits per heavy atom. The molecule has 1 aliphatic rings. The lowest BCUT2D eigenvalue weighted by Gasteiger charge is -2.23. The maximum Gasteiger partial charge on any atom is 0.0885 e. The Bertz CT molecular complexity index is 367. The highest BCUT2D eigenvalue weighted by Crippen LogP contribution is 2.27. The van der Waals surface area contributed by atoms with Crippen LogP contribution in [0.5, 0.6) is 0 Å². The Morgan fingerprint density at radius 2 is 2.18 bits per heavy atom. The van der Waals surface area contributed by atoms with Gasteiger partial charge in [-0.15, -0.1) is 0 Å². The fourth-order valence-electron chi connectivity index (χ4n) is 2.46. The molecular formula is C13H23N3O. The van der Waals surface area contributed by atoms with Crippen LogP contribution in [0, 0.1) is 0 Å². The molecule has 0 aliphatic heterocycles. The smallest absolute Gasteiger partial charge is 0.0885 e. The van der Waals surface area contributed by atoms with Crippen molar-refractivity contribution in [2.75, 3.05) is 6.61 Å². The van der Waals surface area contributed by atoms with Gasteiger partial charge in [0.15, 0.2) is 0 Å². The zero-order chi connectivity index (χ0) is 12.3. The molecule has 0 amide bonds. The van der Waals surface area contributed by atoms with Gasteiger partial charge in [-0.25, -0.2) is 0 Å². The van der Waals surface area contributed by atoms with Gasteiger partial charge < -0.3 is 10.5 Å². The lowest BCUT2D eigenvalue weighted by Crippen LogP contribution is -2.41. The van der Waals surface area contributed by atoms with Gasteiger partial charge >= 0.3 is 0 Å². The number of rotatable bonds is 5. The van der Waals surface area contributed by atoms with Crippen molar-refractivity contribution < 1.29 is 4.74 Å². The summed E-state index contributed by atoms with van der Waals surface area (Å²) in [5.74, 6) is 0. The Kier molecular flexibility index (Phi) is 3.84. The van der Waals surface area contributed by atoms with Crippen molar-refractivity contribution >= 4 is 0 Å². The number of aromatic nitrogens is 2. The van der Waals surface area contributed by atoms with Gasteiger partial charge in [-0.3, -0.25) is 4.68 Å². The van der Waals surface area contributed by atoms with E-state index in [0.29, 0.717) is 13.2 Å². The first-order chi connectivity index (χ1) is 8.13. The molecule has 0 radical (unpaired) electrons. The summed E-state index contributed by atoms with van der Waals surface area (Å²) in [5.41, 5.74) is 8.42. The Balaban J connectivity index is 1.83. The van der Waals surface area contributed by atoms with Gasteiger partial charge in [0, 0.05) is 12.6 Å². The molecule has 0 atom stereocenters. The molecule has 4 heteroatoms. The molecular weight excluding hydrogens is 214 g/mol. The Hall–Kier alpha value is -0.870. The Morgan fingerprint density at radius 1 is 1.47 bits per heavy atom. The standard InChI is InChI=1S/C13H23N3O/c1-3-11-8-12(16(2)15-11)9-17-10-13(14)6-4-5-7-13/h8H,3-7,9-10,14H2,1-2H3. The molecule has 1 heterocycles. The third kappa shape index (κ3) is 3.07. The van der Waals surface area contributed by atoms with Gasteiger partial charge in [-0.2, -0.15) is 5.10 Å². The van der Waals surface area contributed by atoms with Crippen LogP contribution < -0.4 is 5.73 Å². The van der Waals surface area contributed by atoms with Crippen molar-refractivity contribution in [1.82, 2.24) is 9.78 Å². The number of hydrogen-bond acceptors (Lipinski definition) is 3. The second kappa shape index (κ2) is 5.19. The van der Waals surface area contributed by atoms with E-state index in [0.717, 1.165) is 30.7 Å². The van der Waals surface area contributed by atoms with Crippen molar-refractivity contribution in [2.24, 2.45) is 12.8 Å². The molecule has 1 aromatic heterocycles. The fourth-order valence-corrected chi connectivity index (χ4v) is 2.46. The monoisotopic (exact) mass is 237 g/mol. The molecule has 17 heavy (non-hydrogen) atoms. The highest BCUT2D eigenvalue weighted by Gasteiger charge is 2.29. The minimum absolute atomic E-state index is 0.0772. The van der Waals surface area contributed by atoms with Crippen molar-refractivity contribution in [3.8, 4) is 0 Å². The van der Waals surface area contributed by atoms with Gasteiger partial charge in [0.1, 0.15) is 0 Å². The highest BCUT2D eigenvalue weighted by atomic mass is 16.5. The third-order valence-electron chi connectivity index (χ3n) is 3.63. The summed E-state index contributed by atoms with van der Waals surface area (Å²) in [7, 11) is 1.96. The zero-order valence-electron chi connectivity index (χ0n) is 10.9. The first kappa shape index (κ1) is 12.6. The normalized spacial score (nSPS) is 18.8. The molecule has 1 saturated carbocycles. The summed E-state index contributed by atoms with van der Waals surface area (Å²) in [5, 5.41) is 4.40. The second-order valence-electron chi connectivity index (χ2n) is 5.17. The van der Waals surface area contributed by atoms with E-state index in [1.807, 2.05) is 11.7 Å². The van der Waals surface area contributed by atoms with E-state index >= 15 is 0 Å². The van der Waals surface area contributed by atoms with Crippen LogP contribution in [-0.4, -0.2) is 21.9 Å². The summed E-state index contributed by atoms with van der Waals surface area (Å²) in [6.07, 6.45) is 5.64. The number of nitrogens with two attached hydrogens (primary N) is 1.